The Hall–Kier alpha value is -1.51. The Morgan fingerprint density at radius 1 is 1.38 bits per heavy atom. The second-order valence-corrected chi connectivity index (χ2v) is 5.99. The number of anilines is 1. The lowest BCUT2D eigenvalue weighted by atomic mass is 9.96. The summed E-state index contributed by atoms with van der Waals surface area (Å²) in [6.07, 6.45) is 5.28. The number of fused-ring (bicyclic) bond motifs is 1. The average molecular weight is 288 g/mol. The maximum Gasteiger partial charge on any atom is 0.223 e. The SMILES string of the molecule is CCCCC(CC)C(=O)NCCC1CNc2ccccc21. The summed E-state index contributed by atoms with van der Waals surface area (Å²) in [5, 5.41) is 6.57. The average Bonchev–Trinajstić information content (AvgIpc) is 2.91. The molecule has 2 atom stereocenters. The highest BCUT2D eigenvalue weighted by Crippen LogP contribution is 2.32. The molecule has 1 aromatic carbocycles. The molecular formula is C18H28N2O. The molecule has 21 heavy (non-hydrogen) atoms. The first-order chi connectivity index (χ1) is 10.3. The number of amides is 1. The normalized spacial score (nSPS) is 17.9. The van der Waals surface area contributed by atoms with Crippen molar-refractivity contribution in [2.75, 3.05) is 18.4 Å². The van der Waals surface area contributed by atoms with Crippen molar-refractivity contribution in [2.24, 2.45) is 5.92 Å². The molecule has 116 valence electrons. The Kier molecular flexibility index (Phi) is 6.09. The Bertz CT molecular complexity index is 458. The van der Waals surface area contributed by atoms with Crippen LogP contribution < -0.4 is 10.6 Å². The third-order valence-electron chi connectivity index (χ3n) is 4.50. The first-order valence-corrected chi connectivity index (χ1v) is 8.36. The van der Waals surface area contributed by atoms with Gasteiger partial charge in [0.05, 0.1) is 0 Å². The minimum absolute atomic E-state index is 0.193. The van der Waals surface area contributed by atoms with Crippen LogP contribution in [0.2, 0.25) is 0 Å². The minimum atomic E-state index is 0.193. The summed E-state index contributed by atoms with van der Waals surface area (Å²) in [6.45, 7) is 6.05. The molecule has 0 aliphatic carbocycles. The van der Waals surface area contributed by atoms with E-state index >= 15 is 0 Å². The van der Waals surface area contributed by atoms with Crippen LogP contribution in [0.4, 0.5) is 5.69 Å². The standard InChI is InChI=1S/C18H28N2O/c1-3-5-8-14(4-2)18(21)19-12-11-15-13-20-17-10-7-6-9-16(15)17/h6-7,9-10,14-15,20H,3-5,8,11-13H2,1-2H3,(H,19,21). The van der Waals surface area contributed by atoms with Gasteiger partial charge in [-0.1, -0.05) is 44.9 Å². The van der Waals surface area contributed by atoms with E-state index in [2.05, 4.69) is 48.7 Å². The highest BCUT2D eigenvalue weighted by atomic mass is 16.1. The number of rotatable bonds is 8. The zero-order valence-corrected chi connectivity index (χ0v) is 13.3. The molecule has 3 heteroatoms. The van der Waals surface area contributed by atoms with Crippen LogP contribution in [-0.2, 0) is 4.79 Å². The van der Waals surface area contributed by atoms with Crippen molar-refractivity contribution in [1.29, 1.82) is 0 Å². The molecule has 2 N–H and O–H groups in total. The van der Waals surface area contributed by atoms with E-state index in [1.165, 1.54) is 11.3 Å². The summed E-state index contributed by atoms with van der Waals surface area (Å²) in [4.78, 5) is 12.2. The number of hydrogen-bond donors (Lipinski definition) is 2. The number of nitrogens with one attached hydrogen (secondary N) is 2. The van der Waals surface area contributed by atoms with E-state index in [4.69, 9.17) is 0 Å². The molecular weight excluding hydrogens is 260 g/mol. The predicted octanol–water partition coefficient (Wildman–Crippen LogP) is 3.92. The van der Waals surface area contributed by atoms with Gasteiger partial charge in [-0.3, -0.25) is 4.79 Å². The van der Waals surface area contributed by atoms with Gasteiger partial charge in [0.1, 0.15) is 0 Å². The quantitative estimate of drug-likeness (QED) is 0.761. The third kappa shape index (κ3) is 4.23. The summed E-state index contributed by atoms with van der Waals surface area (Å²) < 4.78 is 0. The second-order valence-electron chi connectivity index (χ2n) is 5.99. The lowest BCUT2D eigenvalue weighted by Crippen LogP contribution is -2.32. The van der Waals surface area contributed by atoms with Gasteiger partial charge >= 0.3 is 0 Å². The van der Waals surface area contributed by atoms with Crippen molar-refractivity contribution in [3.8, 4) is 0 Å². The lowest BCUT2D eigenvalue weighted by Gasteiger charge is -2.16. The molecule has 1 amide bonds. The van der Waals surface area contributed by atoms with Crippen LogP contribution in [0.3, 0.4) is 0 Å². The second kappa shape index (κ2) is 8.06. The minimum Gasteiger partial charge on any atom is -0.384 e. The Morgan fingerprint density at radius 3 is 2.95 bits per heavy atom. The molecule has 3 nitrogen and oxygen atoms in total. The van der Waals surface area contributed by atoms with Gasteiger partial charge in [-0.05, 0) is 30.9 Å². The summed E-state index contributed by atoms with van der Waals surface area (Å²) >= 11 is 0. The van der Waals surface area contributed by atoms with E-state index in [1.807, 2.05) is 0 Å². The van der Waals surface area contributed by atoms with Crippen LogP contribution in [0, 0.1) is 5.92 Å². The van der Waals surface area contributed by atoms with Crippen molar-refractivity contribution in [1.82, 2.24) is 5.32 Å². The largest absolute Gasteiger partial charge is 0.384 e. The number of carbonyl (C=O) groups excluding carboxylic acids is 1. The molecule has 0 saturated heterocycles. The number of benzene rings is 1. The third-order valence-corrected chi connectivity index (χ3v) is 4.50. The van der Waals surface area contributed by atoms with Crippen LogP contribution in [-0.4, -0.2) is 19.0 Å². The summed E-state index contributed by atoms with van der Waals surface area (Å²) in [7, 11) is 0. The molecule has 0 fully saturated rings. The highest BCUT2D eigenvalue weighted by Gasteiger charge is 2.22. The summed E-state index contributed by atoms with van der Waals surface area (Å²) in [6, 6.07) is 8.48. The first-order valence-electron chi connectivity index (χ1n) is 8.36. The molecule has 0 aromatic heterocycles. The van der Waals surface area contributed by atoms with E-state index in [-0.39, 0.29) is 11.8 Å². The van der Waals surface area contributed by atoms with E-state index in [1.54, 1.807) is 0 Å². The van der Waals surface area contributed by atoms with Crippen LogP contribution in [0.5, 0.6) is 0 Å². The van der Waals surface area contributed by atoms with E-state index in [9.17, 15) is 4.79 Å². The van der Waals surface area contributed by atoms with Crippen molar-refractivity contribution in [3.05, 3.63) is 29.8 Å². The highest BCUT2D eigenvalue weighted by molar-refractivity contribution is 5.78. The van der Waals surface area contributed by atoms with Crippen LogP contribution in [0.25, 0.3) is 0 Å². The van der Waals surface area contributed by atoms with Crippen molar-refractivity contribution < 1.29 is 4.79 Å². The van der Waals surface area contributed by atoms with E-state index < -0.39 is 0 Å². The fraction of sp³-hybridized carbons (Fsp3) is 0.611. The summed E-state index contributed by atoms with van der Waals surface area (Å²) in [5.74, 6) is 0.960. The molecule has 0 spiro atoms. The predicted molar refractivity (Wildman–Crippen MR) is 88.6 cm³/mol. The molecule has 0 radical (unpaired) electrons. The molecule has 2 unspecified atom stereocenters. The van der Waals surface area contributed by atoms with Gasteiger partial charge < -0.3 is 10.6 Å². The fourth-order valence-electron chi connectivity index (χ4n) is 3.10. The topological polar surface area (TPSA) is 41.1 Å². The van der Waals surface area contributed by atoms with Crippen molar-refractivity contribution >= 4 is 11.6 Å². The molecule has 2 rings (SSSR count). The monoisotopic (exact) mass is 288 g/mol. The van der Waals surface area contributed by atoms with Gasteiger partial charge in [-0.25, -0.2) is 0 Å². The van der Waals surface area contributed by atoms with Crippen molar-refractivity contribution in [3.63, 3.8) is 0 Å². The Balaban J connectivity index is 1.76. The maximum absolute atomic E-state index is 12.2. The van der Waals surface area contributed by atoms with Gasteiger partial charge in [-0.15, -0.1) is 0 Å². The van der Waals surface area contributed by atoms with E-state index in [0.717, 1.165) is 45.2 Å². The van der Waals surface area contributed by atoms with Gasteiger partial charge in [0.2, 0.25) is 5.91 Å². The smallest absolute Gasteiger partial charge is 0.223 e. The van der Waals surface area contributed by atoms with Crippen LogP contribution >= 0.6 is 0 Å². The number of hydrogen-bond acceptors (Lipinski definition) is 2. The Labute approximate surface area is 128 Å². The number of unbranched alkanes of at least 4 members (excludes halogenated alkanes) is 1. The van der Waals surface area contributed by atoms with Gasteiger partial charge in [-0.2, -0.15) is 0 Å². The molecule has 0 bridgehead atoms. The van der Waals surface area contributed by atoms with Crippen LogP contribution in [0.1, 0.15) is 57.4 Å². The first kappa shape index (κ1) is 15.9. The summed E-state index contributed by atoms with van der Waals surface area (Å²) in [5.41, 5.74) is 2.65. The lowest BCUT2D eigenvalue weighted by molar-refractivity contribution is -0.125. The maximum atomic E-state index is 12.2. The van der Waals surface area contributed by atoms with Gasteiger partial charge in [0, 0.05) is 30.6 Å². The molecule has 1 aromatic rings. The Morgan fingerprint density at radius 2 is 2.19 bits per heavy atom. The van der Waals surface area contributed by atoms with Gasteiger partial charge in [0.25, 0.3) is 0 Å². The number of carbonyl (C=O) groups is 1. The molecule has 0 saturated carbocycles. The molecule has 1 aliphatic heterocycles. The van der Waals surface area contributed by atoms with Gasteiger partial charge in [0.15, 0.2) is 0 Å². The van der Waals surface area contributed by atoms with Crippen molar-refractivity contribution in [2.45, 2.75) is 51.9 Å². The fourth-order valence-corrected chi connectivity index (χ4v) is 3.10. The number of para-hydroxylation sites is 1. The van der Waals surface area contributed by atoms with Crippen LogP contribution in [0.15, 0.2) is 24.3 Å². The zero-order valence-electron chi connectivity index (χ0n) is 13.3. The van der Waals surface area contributed by atoms with E-state index in [0.29, 0.717) is 5.92 Å². The molecule has 1 heterocycles. The molecule has 1 aliphatic rings. The zero-order chi connectivity index (χ0) is 15.1.